The fourth-order valence-corrected chi connectivity index (χ4v) is 4.58. The second kappa shape index (κ2) is 10.2. The number of aromatic amines is 1. The van der Waals surface area contributed by atoms with E-state index in [1.54, 1.807) is 7.11 Å². The summed E-state index contributed by atoms with van der Waals surface area (Å²) in [5.41, 5.74) is 1.37. The smallest absolute Gasteiger partial charge is 0.183 e. The number of rotatable bonds is 9. The third-order valence-electron chi connectivity index (χ3n) is 5.18. The van der Waals surface area contributed by atoms with Crippen LogP contribution in [0.2, 0.25) is 5.15 Å². The molecule has 0 unspecified atom stereocenters. The molecule has 0 aliphatic carbocycles. The van der Waals surface area contributed by atoms with Crippen LogP contribution in [0.4, 0.5) is 0 Å². The molecule has 2 aromatic heterocycles. The van der Waals surface area contributed by atoms with Crippen molar-refractivity contribution in [1.29, 1.82) is 0 Å². The lowest BCUT2D eigenvalue weighted by Gasteiger charge is -2.13. The zero-order valence-corrected chi connectivity index (χ0v) is 19.7. The van der Waals surface area contributed by atoms with E-state index in [0.717, 1.165) is 52.3 Å². The summed E-state index contributed by atoms with van der Waals surface area (Å²) < 4.78 is 7.49. The Morgan fingerprint density at radius 1 is 1.19 bits per heavy atom. The highest BCUT2D eigenvalue weighted by Crippen LogP contribution is 2.30. The molecule has 6 nitrogen and oxygen atoms in total. The number of nitrogens with one attached hydrogen (secondary N) is 1. The third-order valence-corrected chi connectivity index (χ3v) is 6.37. The van der Waals surface area contributed by atoms with Crippen LogP contribution in [0.1, 0.15) is 24.7 Å². The van der Waals surface area contributed by atoms with Gasteiger partial charge in [-0.25, -0.2) is 9.67 Å². The van der Waals surface area contributed by atoms with Gasteiger partial charge in [-0.2, -0.15) is 16.9 Å². The molecule has 0 amide bonds. The normalized spacial score (nSPS) is 11.2. The Morgan fingerprint density at radius 2 is 2.03 bits per heavy atom. The standard InChI is InChI=1S/C24H25ClN4O2S/c1-3-32-12-6-9-23-27-24(20-13-17(30)14-22(25)26-20)29(28-23)15-19-18-8-5-4-7-16(18)10-11-21(19)31-2/h4-5,7-8,10-11,13-14H,3,6,9,12,15H2,1-2H3,(H,26,30). The van der Waals surface area contributed by atoms with E-state index in [2.05, 4.69) is 24.0 Å². The minimum atomic E-state index is -0.179. The van der Waals surface area contributed by atoms with Gasteiger partial charge in [-0.1, -0.05) is 48.9 Å². The van der Waals surface area contributed by atoms with Crippen LogP contribution in [0.15, 0.2) is 53.3 Å². The average molecular weight is 469 g/mol. The van der Waals surface area contributed by atoms with Gasteiger partial charge in [0.2, 0.25) is 0 Å². The Hall–Kier alpha value is -2.77. The quantitative estimate of drug-likeness (QED) is 0.270. The molecule has 0 bridgehead atoms. The van der Waals surface area contributed by atoms with E-state index in [4.69, 9.17) is 26.4 Å². The average Bonchev–Trinajstić information content (AvgIpc) is 3.19. The van der Waals surface area contributed by atoms with E-state index in [-0.39, 0.29) is 10.6 Å². The zero-order chi connectivity index (χ0) is 22.5. The van der Waals surface area contributed by atoms with Gasteiger partial charge in [0.15, 0.2) is 17.1 Å². The van der Waals surface area contributed by atoms with Crippen molar-refractivity contribution >= 4 is 34.1 Å². The molecule has 0 saturated heterocycles. The summed E-state index contributed by atoms with van der Waals surface area (Å²) in [4.78, 5) is 19.9. The van der Waals surface area contributed by atoms with Crippen molar-refractivity contribution < 1.29 is 4.74 Å². The van der Waals surface area contributed by atoms with Crippen molar-refractivity contribution in [2.24, 2.45) is 0 Å². The van der Waals surface area contributed by atoms with Crippen LogP contribution in [0.5, 0.6) is 5.75 Å². The number of hydrogen-bond acceptors (Lipinski definition) is 5. The molecule has 0 fully saturated rings. The van der Waals surface area contributed by atoms with Gasteiger partial charge in [-0.3, -0.25) is 4.79 Å². The number of aromatic nitrogens is 4. The highest BCUT2D eigenvalue weighted by Gasteiger charge is 2.17. The van der Waals surface area contributed by atoms with Crippen molar-refractivity contribution in [2.45, 2.75) is 26.3 Å². The van der Waals surface area contributed by atoms with E-state index >= 15 is 0 Å². The summed E-state index contributed by atoms with van der Waals surface area (Å²) in [5.74, 6) is 4.27. The Bertz CT molecular complexity index is 1280. The molecule has 4 aromatic rings. The molecule has 0 atom stereocenters. The minimum absolute atomic E-state index is 0.179. The number of hydrogen-bond donors (Lipinski definition) is 1. The monoisotopic (exact) mass is 468 g/mol. The van der Waals surface area contributed by atoms with Crippen molar-refractivity contribution in [1.82, 2.24) is 19.7 Å². The fourth-order valence-electron chi connectivity index (χ4n) is 3.73. The van der Waals surface area contributed by atoms with Crippen LogP contribution in [0.3, 0.4) is 0 Å². The SMILES string of the molecule is CCSCCCc1nc(-c2cc(=O)cc(Cl)[nH]2)n(Cc2c(OC)ccc3ccccc23)n1. The number of pyridine rings is 1. The molecule has 2 heterocycles. The van der Waals surface area contributed by atoms with Crippen LogP contribution < -0.4 is 10.2 Å². The lowest BCUT2D eigenvalue weighted by atomic mass is 10.0. The molecule has 2 aromatic carbocycles. The second-order valence-corrected chi connectivity index (χ2v) is 9.16. The first-order valence-electron chi connectivity index (χ1n) is 10.6. The van der Waals surface area contributed by atoms with Crippen LogP contribution >= 0.6 is 23.4 Å². The first kappa shape index (κ1) is 22.4. The maximum Gasteiger partial charge on any atom is 0.183 e. The van der Waals surface area contributed by atoms with Gasteiger partial charge in [0.05, 0.1) is 19.3 Å². The molecule has 4 rings (SSSR count). The van der Waals surface area contributed by atoms with Gasteiger partial charge in [0.1, 0.15) is 10.9 Å². The Labute approximate surface area is 196 Å². The van der Waals surface area contributed by atoms with Crippen LogP contribution in [0.25, 0.3) is 22.3 Å². The Morgan fingerprint density at radius 3 is 2.81 bits per heavy atom. The largest absolute Gasteiger partial charge is 0.496 e. The number of halogens is 1. The number of aryl methyl sites for hydroxylation is 1. The third kappa shape index (κ3) is 5.00. The number of ether oxygens (including phenoxy) is 1. The fraction of sp³-hybridized carbons (Fsp3) is 0.292. The molecular weight excluding hydrogens is 444 g/mol. The van der Waals surface area contributed by atoms with Gasteiger partial charge in [-0.15, -0.1) is 0 Å². The number of thioether (sulfide) groups is 1. The Kier molecular flexibility index (Phi) is 7.17. The summed E-state index contributed by atoms with van der Waals surface area (Å²) in [7, 11) is 1.67. The predicted molar refractivity (Wildman–Crippen MR) is 132 cm³/mol. The number of fused-ring (bicyclic) bond motifs is 1. The van der Waals surface area contributed by atoms with E-state index in [0.29, 0.717) is 18.1 Å². The van der Waals surface area contributed by atoms with Crippen LogP contribution in [-0.2, 0) is 13.0 Å². The zero-order valence-electron chi connectivity index (χ0n) is 18.1. The lowest BCUT2D eigenvalue weighted by molar-refractivity contribution is 0.408. The van der Waals surface area contributed by atoms with E-state index in [1.807, 2.05) is 40.7 Å². The van der Waals surface area contributed by atoms with Gasteiger partial charge >= 0.3 is 0 Å². The molecule has 0 saturated carbocycles. The molecule has 1 N–H and O–H groups in total. The second-order valence-electron chi connectivity index (χ2n) is 7.35. The minimum Gasteiger partial charge on any atom is -0.496 e. The van der Waals surface area contributed by atoms with Crippen molar-refractivity contribution in [2.75, 3.05) is 18.6 Å². The number of benzene rings is 2. The summed E-state index contributed by atoms with van der Waals surface area (Å²) in [6.07, 6.45) is 1.76. The highest BCUT2D eigenvalue weighted by atomic mass is 35.5. The number of methoxy groups -OCH3 is 1. The van der Waals surface area contributed by atoms with Gasteiger partial charge in [-0.05, 0) is 34.8 Å². The molecule has 166 valence electrons. The number of H-pyrrole nitrogens is 1. The molecule has 0 aliphatic rings. The Balaban J connectivity index is 1.78. The summed E-state index contributed by atoms with van der Waals surface area (Å²) in [5, 5.41) is 7.28. The van der Waals surface area contributed by atoms with E-state index in [9.17, 15) is 4.79 Å². The molecule has 0 aliphatic heterocycles. The molecule has 0 spiro atoms. The highest BCUT2D eigenvalue weighted by molar-refractivity contribution is 7.99. The first-order chi connectivity index (χ1) is 15.6. The summed E-state index contributed by atoms with van der Waals surface area (Å²) in [6, 6.07) is 15.1. The van der Waals surface area contributed by atoms with Crippen LogP contribution in [0, 0.1) is 0 Å². The maximum absolute atomic E-state index is 12.1. The summed E-state index contributed by atoms with van der Waals surface area (Å²) in [6.45, 7) is 2.61. The van der Waals surface area contributed by atoms with Gasteiger partial charge in [0.25, 0.3) is 0 Å². The molecule has 0 radical (unpaired) electrons. The van der Waals surface area contributed by atoms with E-state index < -0.39 is 0 Å². The van der Waals surface area contributed by atoms with Gasteiger partial charge in [0, 0.05) is 24.1 Å². The van der Waals surface area contributed by atoms with Gasteiger partial charge < -0.3 is 9.72 Å². The predicted octanol–water partition coefficient (Wildman–Crippen LogP) is 5.18. The number of nitrogens with zero attached hydrogens (tertiary/aromatic N) is 3. The topological polar surface area (TPSA) is 72.8 Å². The summed E-state index contributed by atoms with van der Waals surface area (Å²) >= 11 is 8.03. The molecule has 32 heavy (non-hydrogen) atoms. The van der Waals surface area contributed by atoms with Crippen molar-refractivity contribution in [3.63, 3.8) is 0 Å². The van der Waals surface area contributed by atoms with Crippen LogP contribution in [-0.4, -0.2) is 38.4 Å². The lowest BCUT2D eigenvalue weighted by Crippen LogP contribution is -2.09. The molecular formula is C24H25ClN4O2S. The van der Waals surface area contributed by atoms with E-state index in [1.165, 1.54) is 12.1 Å². The van der Waals surface area contributed by atoms with Crippen molar-refractivity contribution in [3.05, 3.63) is 75.3 Å². The van der Waals surface area contributed by atoms with Crippen molar-refractivity contribution in [3.8, 4) is 17.3 Å². The first-order valence-corrected chi connectivity index (χ1v) is 12.1. The maximum atomic E-state index is 12.1. The molecule has 8 heteroatoms.